The molecule has 0 fully saturated rings. The molecule has 2 aliphatic carbocycles. The molecule has 0 N–H and O–H groups in total. The molecule has 1 nitrogen and oxygen atoms in total. The van der Waals surface area contributed by atoms with Crippen LogP contribution >= 0.6 is 0 Å². The van der Waals surface area contributed by atoms with E-state index in [4.69, 9.17) is 4.74 Å². The second-order valence-corrected chi connectivity index (χ2v) is 4.57. The summed E-state index contributed by atoms with van der Waals surface area (Å²) in [7, 11) is 0. The van der Waals surface area contributed by atoms with Gasteiger partial charge in [-0.3, -0.25) is 0 Å². The molecule has 0 saturated carbocycles. The van der Waals surface area contributed by atoms with Gasteiger partial charge in [0.2, 0.25) is 0 Å². The third-order valence-electron chi connectivity index (χ3n) is 3.57. The quantitative estimate of drug-likeness (QED) is 0.653. The van der Waals surface area contributed by atoms with Gasteiger partial charge < -0.3 is 4.74 Å². The summed E-state index contributed by atoms with van der Waals surface area (Å²) in [5.41, 5.74) is 2.81. The van der Waals surface area contributed by atoms with Gasteiger partial charge in [0.1, 0.15) is 11.9 Å². The summed E-state index contributed by atoms with van der Waals surface area (Å²) in [6.45, 7) is 0. The van der Waals surface area contributed by atoms with Crippen molar-refractivity contribution in [2.75, 3.05) is 0 Å². The van der Waals surface area contributed by atoms with Crippen LogP contribution in [0.4, 0.5) is 0 Å². The number of hydrogen-bond donors (Lipinski definition) is 0. The van der Waals surface area contributed by atoms with E-state index in [0.717, 1.165) is 12.2 Å². The lowest BCUT2D eigenvalue weighted by Crippen LogP contribution is -2.26. The molecule has 2 aromatic carbocycles. The molecule has 6 rings (SSSR count). The topological polar surface area (TPSA) is 9.23 Å². The maximum atomic E-state index is 5.67. The molecule has 82 valence electrons. The fourth-order valence-corrected chi connectivity index (χ4v) is 2.80. The van der Waals surface area contributed by atoms with Crippen LogP contribution in [0.3, 0.4) is 0 Å². The van der Waals surface area contributed by atoms with Gasteiger partial charge in [0, 0.05) is 12.0 Å². The normalized spacial score (nSPS) is 18.2. The maximum Gasteiger partial charge on any atom is 0.132 e. The second-order valence-electron chi connectivity index (χ2n) is 4.57. The van der Waals surface area contributed by atoms with Crippen LogP contribution in [0.15, 0.2) is 54.6 Å². The number of ether oxygens (including phenoxy) is 1. The zero-order chi connectivity index (χ0) is 11.2. The Bertz CT molecular complexity index is 671. The molecule has 0 radical (unpaired) electrons. The average molecular weight is 220 g/mol. The van der Waals surface area contributed by atoms with E-state index in [1.54, 1.807) is 0 Å². The first-order chi connectivity index (χ1) is 8.43. The summed E-state index contributed by atoms with van der Waals surface area (Å²) in [6.07, 6.45) is 1.36. The van der Waals surface area contributed by atoms with Crippen molar-refractivity contribution >= 4 is 10.8 Å². The van der Waals surface area contributed by atoms with Gasteiger partial charge in [-0.2, -0.15) is 0 Å². The summed E-state index contributed by atoms with van der Waals surface area (Å²) < 4.78 is 5.67. The molecule has 1 unspecified atom stereocenters. The molecule has 0 amide bonds. The molecule has 1 heteroatoms. The highest BCUT2D eigenvalue weighted by molar-refractivity contribution is 5.93. The van der Waals surface area contributed by atoms with Crippen LogP contribution in [0, 0.1) is 0 Å². The van der Waals surface area contributed by atoms with Crippen molar-refractivity contribution in [1.82, 2.24) is 0 Å². The van der Waals surface area contributed by atoms with E-state index in [1.165, 1.54) is 21.9 Å². The molecule has 1 atom stereocenters. The minimum absolute atomic E-state index is 0.323. The van der Waals surface area contributed by atoms with E-state index in [2.05, 4.69) is 42.5 Å². The highest BCUT2D eigenvalue weighted by Gasteiger charge is 2.36. The molecule has 2 aromatic rings. The Morgan fingerprint density at radius 2 is 1.59 bits per heavy atom. The van der Waals surface area contributed by atoms with Crippen LogP contribution in [0.1, 0.15) is 17.2 Å². The summed E-state index contributed by atoms with van der Waals surface area (Å²) >= 11 is 0. The van der Waals surface area contributed by atoms with Gasteiger partial charge in [-0.1, -0.05) is 48.5 Å². The third-order valence-corrected chi connectivity index (χ3v) is 3.57. The fourth-order valence-electron chi connectivity index (χ4n) is 2.80. The van der Waals surface area contributed by atoms with Crippen molar-refractivity contribution in [1.29, 1.82) is 0 Å². The summed E-state index contributed by atoms with van der Waals surface area (Å²) in [6, 6.07) is 19.0. The first kappa shape index (κ1) is 9.06. The van der Waals surface area contributed by atoms with Crippen molar-refractivity contribution in [2.24, 2.45) is 0 Å². The van der Waals surface area contributed by atoms with Gasteiger partial charge in [0.25, 0.3) is 0 Å². The summed E-state index contributed by atoms with van der Waals surface area (Å²) in [4.78, 5) is 0. The van der Waals surface area contributed by atoms with E-state index in [9.17, 15) is 0 Å². The van der Waals surface area contributed by atoms with Gasteiger partial charge >= 0.3 is 0 Å². The smallest absolute Gasteiger partial charge is 0.132 e. The monoisotopic (exact) mass is 220 g/mol. The molecular weight excluding hydrogens is 208 g/mol. The standard InChI is InChI=1S/C16H12O/c1-2-4-6-8-13-12(7-5-3-1)11-9-14-16(13)15(10-11)17-14/h1-9,15H,10H2. The van der Waals surface area contributed by atoms with Crippen LogP contribution in [-0.2, 0) is 6.42 Å². The zero-order valence-electron chi connectivity index (χ0n) is 9.39. The highest BCUT2D eigenvalue weighted by Crippen LogP contribution is 2.51. The summed E-state index contributed by atoms with van der Waals surface area (Å²) in [5, 5.41) is 2.70. The van der Waals surface area contributed by atoms with E-state index in [1.807, 2.05) is 12.1 Å². The fraction of sp³-hybridized carbons (Fsp3) is 0.125. The molecular formula is C16H12O. The van der Waals surface area contributed by atoms with E-state index in [-0.39, 0.29) is 0 Å². The van der Waals surface area contributed by atoms with Gasteiger partial charge in [-0.25, -0.2) is 0 Å². The van der Waals surface area contributed by atoms with Crippen LogP contribution < -0.4 is 4.74 Å². The van der Waals surface area contributed by atoms with Crippen LogP contribution in [0.2, 0.25) is 0 Å². The Morgan fingerprint density at radius 1 is 0.882 bits per heavy atom. The molecule has 4 bridgehead atoms. The van der Waals surface area contributed by atoms with Crippen molar-refractivity contribution in [2.45, 2.75) is 12.5 Å². The predicted molar refractivity (Wildman–Crippen MR) is 68.6 cm³/mol. The Hall–Kier alpha value is -2.02. The maximum absolute atomic E-state index is 5.67. The molecule has 4 aliphatic rings. The summed E-state index contributed by atoms with van der Waals surface area (Å²) in [5.74, 6) is 1.09. The Labute approximate surface area is 100.0 Å². The molecule has 2 heterocycles. The van der Waals surface area contributed by atoms with Crippen LogP contribution in [0.5, 0.6) is 5.75 Å². The van der Waals surface area contributed by atoms with Crippen LogP contribution in [0.25, 0.3) is 10.8 Å². The lowest BCUT2D eigenvalue weighted by Gasteiger charge is -2.38. The SMILES string of the molecule is c1ccccc2c3c4cc(c2ccc1)CC3O4. The van der Waals surface area contributed by atoms with Gasteiger partial charge in [-0.15, -0.1) is 0 Å². The lowest BCUT2D eigenvalue weighted by molar-refractivity contribution is 0.139. The van der Waals surface area contributed by atoms with Gasteiger partial charge in [-0.05, 0) is 22.4 Å². The van der Waals surface area contributed by atoms with Crippen LogP contribution in [-0.4, -0.2) is 0 Å². The Morgan fingerprint density at radius 3 is 2.29 bits per heavy atom. The number of benzene rings is 1. The molecule has 0 saturated heterocycles. The minimum Gasteiger partial charge on any atom is -0.485 e. The molecule has 0 aromatic heterocycles. The van der Waals surface area contributed by atoms with Gasteiger partial charge in [0.05, 0.1) is 0 Å². The van der Waals surface area contributed by atoms with Crippen molar-refractivity contribution < 1.29 is 4.74 Å². The predicted octanol–water partition coefficient (Wildman–Crippen LogP) is 3.95. The van der Waals surface area contributed by atoms with Crippen molar-refractivity contribution in [3.8, 4) is 5.75 Å². The molecule has 0 spiro atoms. The Kier molecular flexibility index (Phi) is 1.72. The third kappa shape index (κ3) is 1.19. The number of rotatable bonds is 0. The Balaban J connectivity index is 2.17. The van der Waals surface area contributed by atoms with Crippen molar-refractivity contribution in [3.05, 3.63) is 65.7 Å². The first-order valence-corrected chi connectivity index (χ1v) is 5.98. The second kappa shape index (κ2) is 3.24. The van der Waals surface area contributed by atoms with Gasteiger partial charge in [0.15, 0.2) is 0 Å². The lowest BCUT2D eigenvalue weighted by atomic mass is 9.82. The zero-order valence-corrected chi connectivity index (χ0v) is 9.39. The average Bonchev–Trinajstić information content (AvgIpc) is 2.36. The molecule has 17 heavy (non-hydrogen) atoms. The van der Waals surface area contributed by atoms with E-state index >= 15 is 0 Å². The minimum atomic E-state index is 0.323. The first-order valence-electron chi connectivity index (χ1n) is 5.98. The molecule has 2 aliphatic heterocycles. The number of hydrogen-bond acceptors (Lipinski definition) is 1. The largest absolute Gasteiger partial charge is 0.485 e. The van der Waals surface area contributed by atoms with E-state index in [0.29, 0.717) is 6.10 Å². The highest BCUT2D eigenvalue weighted by atomic mass is 16.5. The van der Waals surface area contributed by atoms with Crippen molar-refractivity contribution in [3.63, 3.8) is 0 Å². The van der Waals surface area contributed by atoms with E-state index < -0.39 is 0 Å².